The number of fused-ring (bicyclic) bond motifs is 1. The van der Waals surface area contributed by atoms with Gasteiger partial charge in [-0.3, -0.25) is 0 Å². The molecule has 19 heavy (non-hydrogen) atoms. The lowest BCUT2D eigenvalue weighted by Gasteiger charge is -2.36. The van der Waals surface area contributed by atoms with E-state index in [1.54, 1.807) is 11.1 Å². The molecule has 0 bridgehead atoms. The molecule has 1 aromatic rings. The Hall–Kier alpha value is -0.860. The Kier molecular flexibility index (Phi) is 3.90. The molecule has 1 aliphatic heterocycles. The van der Waals surface area contributed by atoms with Crippen molar-refractivity contribution in [1.82, 2.24) is 5.32 Å². The molecule has 1 saturated heterocycles. The third-order valence-corrected chi connectivity index (χ3v) is 4.81. The Balaban J connectivity index is 1.66. The molecule has 2 nitrogen and oxygen atoms in total. The maximum Gasteiger partial charge on any atom is 0.0754 e. The number of hydrogen-bond donors (Lipinski definition) is 1. The van der Waals surface area contributed by atoms with Crippen LogP contribution in [0.1, 0.15) is 43.7 Å². The van der Waals surface area contributed by atoms with Gasteiger partial charge in [0.05, 0.1) is 6.10 Å². The number of hydrogen-bond acceptors (Lipinski definition) is 2. The molecule has 4 atom stereocenters. The fourth-order valence-electron chi connectivity index (χ4n) is 3.71. The van der Waals surface area contributed by atoms with E-state index in [9.17, 15) is 0 Å². The minimum absolute atomic E-state index is 0.410. The fraction of sp³-hybridized carbons (Fsp3) is 0.647. The maximum atomic E-state index is 5.97. The summed E-state index contributed by atoms with van der Waals surface area (Å²) in [6, 6.07) is 9.40. The van der Waals surface area contributed by atoms with Crippen LogP contribution in [0, 0.1) is 5.92 Å². The quantitative estimate of drug-likeness (QED) is 0.877. The first kappa shape index (κ1) is 13.1. The lowest BCUT2D eigenvalue weighted by Crippen LogP contribution is -2.44. The number of nitrogens with one attached hydrogen (secondary N) is 1. The van der Waals surface area contributed by atoms with Gasteiger partial charge in [0, 0.05) is 12.6 Å². The van der Waals surface area contributed by atoms with Crippen LogP contribution in [0.25, 0.3) is 0 Å². The summed E-state index contributed by atoms with van der Waals surface area (Å²) in [5.74, 6) is 1.43. The molecule has 1 heterocycles. The van der Waals surface area contributed by atoms with Crippen LogP contribution in [0.5, 0.6) is 0 Å². The van der Waals surface area contributed by atoms with Crippen molar-refractivity contribution in [2.24, 2.45) is 5.92 Å². The smallest absolute Gasteiger partial charge is 0.0754 e. The van der Waals surface area contributed by atoms with Gasteiger partial charge in [-0.25, -0.2) is 0 Å². The number of rotatable bonds is 5. The van der Waals surface area contributed by atoms with Crippen LogP contribution in [-0.2, 0) is 11.2 Å². The monoisotopic (exact) mass is 259 g/mol. The summed E-state index contributed by atoms with van der Waals surface area (Å²) in [4.78, 5) is 0. The molecule has 1 N–H and O–H groups in total. The van der Waals surface area contributed by atoms with Crippen LogP contribution in [0.15, 0.2) is 24.3 Å². The maximum absolute atomic E-state index is 5.97. The topological polar surface area (TPSA) is 21.3 Å². The lowest BCUT2D eigenvalue weighted by molar-refractivity contribution is 0.0556. The van der Waals surface area contributed by atoms with Crippen molar-refractivity contribution in [3.63, 3.8) is 0 Å². The number of ether oxygens (including phenoxy) is 1. The minimum Gasteiger partial charge on any atom is -0.376 e. The van der Waals surface area contributed by atoms with E-state index in [-0.39, 0.29) is 0 Å². The zero-order valence-electron chi connectivity index (χ0n) is 12.1. The molecule has 1 fully saturated rings. The molecule has 0 radical (unpaired) electrons. The standard InChI is InChI=1S/C17H25NO/c1-3-18-16(17-12(2)8-9-19-17)11-14-10-13-6-4-5-7-15(13)14/h4-7,12,14,16-18H,3,8-11H2,1-2H3. The van der Waals surface area contributed by atoms with Gasteiger partial charge in [-0.15, -0.1) is 0 Å². The van der Waals surface area contributed by atoms with Crippen LogP contribution in [0.2, 0.25) is 0 Å². The van der Waals surface area contributed by atoms with Crippen LogP contribution in [-0.4, -0.2) is 25.3 Å². The van der Waals surface area contributed by atoms with Gasteiger partial charge < -0.3 is 10.1 Å². The second-order valence-corrected chi connectivity index (χ2v) is 6.10. The van der Waals surface area contributed by atoms with Crippen LogP contribution >= 0.6 is 0 Å². The Morgan fingerprint density at radius 2 is 2.21 bits per heavy atom. The highest BCUT2D eigenvalue weighted by atomic mass is 16.5. The Bertz CT molecular complexity index is 431. The molecule has 3 rings (SSSR count). The van der Waals surface area contributed by atoms with Crippen molar-refractivity contribution in [2.75, 3.05) is 13.2 Å². The molecule has 1 aromatic carbocycles. The molecule has 0 amide bonds. The van der Waals surface area contributed by atoms with Crippen molar-refractivity contribution in [3.05, 3.63) is 35.4 Å². The Labute approximate surface area is 116 Å². The van der Waals surface area contributed by atoms with E-state index < -0.39 is 0 Å². The van der Waals surface area contributed by atoms with Crippen molar-refractivity contribution < 1.29 is 4.74 Å². The van der Waals surface area contributed by atoms with Crippen LogP contribution in [0.3, 0.4) is 0 Å². The molecule has 0 aromatic heterocycles. The average molecular weight is 259 g/mol. The summed E-state index contributed by atoms with van der Waals surface area (Å²) in [5, 5.41) is 3.66. The highest BCUT2D eigenvalue weighted by Gasteiger charge is 2.35. The van der Waals surface area contributed by atoms with Gasteiger partial charge in [-0.1, -0.05) is 38.1 Å². The molecule has 2 heteroatoms. The summed E-state index contributed by atoms with van der Waals surface area (Å²) < 4.78 is 5.97. The van der Waals surface area contributed by atoms with Crippen LogP contribution < -0.4 is 5.32 Å². The molecule has 2 aliphatic rings. The summed E-state index contributed by atoms with van der Waals surface area (Å²) in [5.41, 5.74) is 3.11. The predicted octanol–water partition coefficient (Wildman–Crippen LogP) is 3.12. The first-order valence-electron chi connectivity index (χ1n) is 7.72. The third-order valence-electron chi connectivity index (χ3n) is 4.81. The molecule has 0 spiro atoms. The normalized spacial score (nSPS) is 30.7. The van der Waals surface area contributed by atoms with Crippen molar-refractivity contribution in [3.8, 4) is 0 Å². The van der Waals surface area contributed by atoms with E-state index in [4.69, 9.17) is 4.74 Å². The second-order valence-electron chi connectivity index (χ2n) is 6.10. The zero-order chi connectivity index (χ0) is 13.2. The zero-order valence-corrected chi connectivity index (χ0v) is 12.1. The number of benzene rings is 1. The molecule has 1 aliphatic carbocycles. The molecular formula is C17H25NO. The van der Waals surface area contributed by atoms with E-state index in [2.05, 4.69) is 43.4 Å². The highest BCUT2D eigenvalue weighted by Crippen LogP contribution is 2.39. The van der Waals surface area contributed by atoms with Gasteiger partial charge in [-0.05, 0) is 48.8 Å². The summed E-state index contributed by atoms with van der Waals surface area (Å²) in [6.45, 7) is 6.50. The van der Waals surface area contributed by atoms with E-state index in [1.165, 1.54) is 19.3 Å². The SMILES string of the molecule is CCNC(CC1Cc2ccccc21)C1OCCC1C. The van der Waals surface area contributed by atoms with E-state index >= 15 is 0 Å². The average Bonchev–Trinajstić information content (AvgIpc) is 2.81. The van der Waals surface area contributed by atoms with Gasteiger partial charge >= 0.3 is 0 Å². The van der Waals surface area contributed by atoms with Gasteiger partial charge in [0.15, 0.2) is 0 Å². The number of likely N-dealkylation sites (N-methyl/N-ethyl adjacent to an activating group) is 1. The first-order chi connectivity index (χ1) is 9.29. The lowest BCUT2D eigenvalue weighted by atomic mass is 9.73. The molecular weight excluding hydrogens is 234 g/mol. The van der Waals surface area contributed by atoms with Gasteiger partial charge in [0.2, 0.25) is 0 Å². The van der Waals surface area contributed by atoms with E-state index in [0.29, 0.717) is 18.1 Å². The van der Waals surface area contributed by atoms with Crippen molar-refractivity contribution in [2.45, 2.75) is 51.2 Å². The molecule has 0 saturated carbocycles. The second kappa shape index (κ2) is 5.64. The van der Waals surface area contributed by atoms with Crippen LogP contribution in [0.4, 0.5) is 0 Å². The summed E-state index contributed by atoms with van der Waals surface area (Å²) in [7, 11) is 0. The summed E-state index contributed by atoms with van der Waals surface area (Å²) in [6.07, 6.45) is 4.10. The van der Waals surface area contributed by atoms with E-state index in [1.807, 2.05) is 0 Å². The highest BCUT2D eigenvalue weighted by molar-refractivity contribution is 5.40. The largest absolute Gasteiger partial charge is 0.376 e. The van der Waals surface area contributed by atoms with Gasteiger partial charge in [0.25, 0.3) is 0 Å². The molecule has 104 valence electrons. The Morgan fingerprint density at radius 1 is 1.37 bits per heavy atom. The van der Waals surface area contributed by atoms with Gasteiger partial charge in [-0.2, -0.15) is 0 Å². The fourth-order valence-corrected chi connectivity index (χ4v) is 3.71. The van der Waals surface area contributed by atoms with Crippen molar-refractivity contribution >= 4 is 0 Å². The van der Waals surface area contributed by atoms with Crippen molar-refractivity contribution in [1.29, 1.82) is 0 Å². The first-order valence-corrected chi connectivity index (χ1v) is 7.72. The predicted molar refractivity (Wildman–Crippen MR) is 78.5 cm³/mol. The molecule has 4 unspecified atom stereocenters. The minimum atomic E-state index is 0.410. The third kappa shape index (κ3) is 2.56. The van der Waals surface area contributed by atoms with E-state index in [0.717, 1.165) is 19.1 Å². The summed E-state index contributed by atoms with van der Waals surface area (Å²) >= 11 is 0. The Morgan fingerprint density at radius 3 is 2.89 bits per heavy atom. The van der Waals surface area contributed by atoms with Gasteiger partial charge in [0.1, 0.15) is 0 Å².